The van der Waals surface area contributed by atoms with Gasteiger partial charge in [-0.1, -0.05) is 0 Å². The Labute approximate surface area is 124 Å². The molecule has 2 aliphatic heterocycles. The molecule has 20 heavy (non-hydrogen) atoms. The number of morpholine rings is 1. The summed E-state index contributed by atoms with van der Waals surface area (Å²) in [6.07, 6.45) is 2.00. The van der Waals surface area contributed by atoms with Crippen molar-refractivity contribution >= 4 is 22.6 Å². The van der Waals surface area contributed by atoms with Gasteiger partial charge in [0.2, 0.25) is 0 Å². The first-order valence-electron chi connectivity index (χ1n) is 7.21. The molecule has 0 atom stereocenters. The van der Waals surface area contributed by atoms with Crippen LogP contribution in [0.2, 0.25) is 0 Å². The van der Waals surface area contributed by atoms with Gasteiger partial charge in [0.15, 0.2) is 0 Å². The average molecular weight is 294 g/mol. The van der Waals surface area contributed by atoms with Gasteiger partial charge in [0, 0.05) is 44.1 Å². The predicted octanol–water partition coefficient (Wildman–Crippen LogP) is 1.17. The van der Waals surface area contributed by atoms with Crippen LogP contribution in [0.15, 0.2) is 17.2 Å². The largest absolute Gasteiger partial charge is 0.378 e. The molecule has 0 spiro atoms. The van der Waals surface area contributed by atoms with Crippen molar-refractivity contribution in [3.63, 3.8) is 0 Å². The van der Waals surface area contributed by atoms with Crippen molar-refractivity contribution < 1.29 is 4.74 Å². The first-order chi connectivity index (χ1) is 9.81. The fourth-order valence-corrected chi connectivity index (χ4v) is 3.34. The van der Waals surface area contributed by atoms with Crippen molar-refractivity contribution in [2.75, 3.05) is 64.4 Å². The molecular formula is C14H22N4OS. The first kappa shape index (κ1) is 13.9. The van der Waals surface area contributed by atoms with E-state index in [0.717, 1.165) is 52.5 Å². The lowest BCUT2D eigenvalue weighted by atomic mass is 10.4. The lowest BCUT2D eigenvalue weighted by molar-refractivity contribution is 0.123. The summed E-state index contributed by atoms with van der Waals surface area (Å²) >= 11 is 1.81. The molecule has 0 radical (unpaired) electrons. The molecular weight excluding hydrogens is 272 g/mol. The van der Waals surface area contributed by atoms with Crippen LogP contribution >= 0.6 is 11.3 Å². The third kappa shape index (κ3) is 3.50. The zero-order chi connectivity index (χ0) is 13.8. The molecule has 0 aliphatic carbocycles. The molecule has 2 aliphatic rings. The summed E-state index contributed by atoms with van der Waals surface area (Å²) in [6.45, 7) is 7.90. The van der Waals surface area contributed by atoms with Gasteiger partial charge in [0.1, 0.15) is 0 Å². The lowest BCUT2D eigenvalue weighted by Crippen LogP contribution is -2.41. The molecule has 6 heteroatoms. The summed E-state index contributed by atoms with van der Waals surface area (Å²) in [5.41, 5.74) is 0. The van der Waals surface area contributed by atoms with Gasteiger partial charge in [0.05, 0.1) is 24.4 Å². The Morgan fingerprint density at radius 2 is 1.85 bits per heavy atom. The zero-order valence-corrected chi connectivity index (χ0v) is 12.8. The molecule has 0 N–H and O–H groups in total. The quantitative estimate of drug-likeness (QED) is 0.783. The molecule has 0 saturated carbocycles. The number of hydrazone groups is 1. The SMILES string of the molecule is CN1CCN(/N=C\c2ccc(N3CCOCC3)s2)CC1. The molecule has 3 rings (SSSR count). The van der Waals surface area contributed by atoms with Crippen LogP contribution in [-0.2, 0) is 4.74 Å². The van der Waals surface area contributed by atoms with E-state index in [1.807, 2.05) is 17.6 Å². The highest BCUT2D eigenvalue weighted by Gasteiger charge is 2.13. The number of piperazine rings is 1. The average Bonchev–Trinajstić information content (AvgIpc) is 2.97. The van der Waals surface area contributed by atoms with E-state index in [9.17, 15) is 0 Å². The molecule has 0 bridgehead atoms. The Morgan fingerprint density at radius 3 is 2.60 bits per heavy atom. The van der Waals surface area contributed by atoms with Gasteiger partial charge in [-0.2, -0.15) is 5.10 Å². The minimum atomic E-state index is 0.836. The van der Waals surface area contributed by atoms with Gasteiger partial charge in [-0.25, -0.2) is 0 Å². The number of anilines is 1. The van der Waals surface area contributed by atoms with Gasteiger partial charge >= 0.3 is 0 Å². The highest BCUT2D eigenvalue weighted by Crippen LogP contribution is 2.25. The van der Waals surface area contributed by atoms with E-state index in [2.05, 4.69) is 39.1 Å². The molecule has 110 valence electrons. The number of nitrogens with zero attached hydrogens (tertiary/aromatic N) is 4. The van der Waals surface area contributed by atoms with E-state index in [4.69, 9.17) is 4.74 Å². The smallest absolute Gasteiger partial charge is 0.0916 e. The summed E-state index contributed by atoms with van der Waals surface area (Å²) < 4.78 is 5.39. The lowest BCUT2D eigenvalue weighted by Gasteiger charge is -2.30. The molecule has 0 unspecified atom stereocenters. The van der Waals surface area contributed by atoms with Crippen LogP contribution in [0.5, 0.6) is 0 Å². The number of hydrogen-bond acceptors (Lipinski definition) is 6. The monoisotopic (exact) mass is 294 g/mol. The summed E-state index contributed by atoms with van der Waals surface area (Å²) in [4.78, 5) is 5.96. The molecule has 0 aromatic carbocycles. The van der Waals surface area contributed by atoms with Crippen LogP contribution < -0.4 is 4.90 Å². The van der Waals surface area contributed by atoms with Crippen LogP contribution in [0.4, 0.5) is 5.00 Å². The van der Waals surface area contributed by atoms with E-state index in [1.165, 1.54) is 9.88 Å². The molecule has 3 heterocycles. The molecule has 1 aromatic rings. The molecule has 1 aromatic heterocycles. The minimum absolute atomic E-state index is 0.836. The van der Waals surface area contributed by atoms with Gasteiger partial charge in [-0.15, -0.1) is 11.3 Å². The van der Waals surface area contributed by atoms with Gasteiger partial charge in [0.25, 0.3) is 0 Å². The maximum atomic E-state index is 5.39. The van der Waals surface area contributed by atoms with Crippen LogP contribution in [0, 0.1) is 0 Å². The maximum absolute atomic E-state index is 5.39. The normalized spacial score (nSPS) is 21.9. The highest BCUT2D eigenvalue weighted by atomic mass is 32.1. The zero-order valence-electron chi connectivity index (χ0n) is 12.0. The second-order valence-electron chi connectivity index (χ2n) is 5.28. The maximum Gasteiger partial charge on any atom is 0.0916 e. The van der Waals surface area contributed by atoms with Crippen molar-refractivity contribution in [2.24, 2.45) is 5.10 Å². The first-order valence-corrected chi connectivity index (χ1v) is 8.03. The number of thiophene rings is 1. The Morgan fingerprint density at radius 1 is 1.10 bits per heavy atom. The minimum Gasteiger partial charge on any atom is -0.378 e. The van der Waals surface area contributed by atoms with Crippen LogP contribution in [0.1, 0.15) is 4.88 Å². The standard InChI is InChI=1S/C14H22N4OS/c1-16-4-6-18(7-5-16)15-12-13-2-3-14(20-13)17-8-10-19-11-9-17/h2-3,12H,4-11H2,1H3/b15-12-. The van der Waals surface area contributed by atoms with Gasteiger partial charge in [-0.05, 0) is 19.2 Å². The number of ether oxygens (including phenoxy) is 1. The fraction of sp³-hybridized carbons (Fsp3) is 0.643. The van der Waals surface area contributed by atoms with Crippen LogP contribution in [0.3, 0.4) is 0 Å². The summed E-state index contributed by atoms with van der Waals surface area (Å²) in [5.74, 6) is 0. The van der Waals surface area contributed by atoms with E-state index in [1.54, 1.807) is 0 Å². The van der Waals surface area contributed by atoms with Crippen molar-refractivity contribution in [3.05, 3.63) is 17.0 Å². The fourth-order valence-electron chi connectivity index (χ4n) is 2.42. The van der Waals surface area contributed by atoms with Crippen LogP contribution in [-0.4, -0.2) is 75.7 Å². The number of rotatable bonds is 3. The summed E-state index contributed by atoms with van der Waals surface area (Å²) in [6, 6.07) is 4.36. The van der Waals surface area contributed by atoms with E-state index in [-0.39, 0.29) is 0 Å². The number of hydrogen-bond donors (Lipinski definition) is 0. The Kier molecular flexibility index (Phi) is 4.54. The van der Waals surface area contributed by atoms with E-state index in [0.29, 0.717) is 0 Å². The third-order valence-corrected chi connectivity index (χ3v) is 4.84. The Hall–Kier alpha value is -1.11. The van der Waals surface area contributed by atoms with Crippen LogP contribution in [0.25, 0.3) is 0 Å². The molecule has 2 fully saturated rings. The topological polar surface area (TPSA) is 31.3 Å². The second-order valence-corrected chi connectivity index (χ2v) is 6.37. The van der Waals surface area contributed by atoms with Crippen molar-refractivity contribution in [2.45, 2.75) is 0 Å². The van der Waals surface area contributed by atoms with Crippen molar-refractivity contribution in [3.8, 4) is 0 Å². The second kappa shape index (κ2) is 6.56. The third-order valence-electron chi connectivity index (χ3n) is 3.76. The van der Waals surface area contributed by atoms with Gasteiger partial charge < -0.3 is 14.5 Å². The predicted molar refractivity (Wildman–Crippen MR) is 84.0 cm³/mol. The summed E-state index contributed by atoms with van der Waals surface area (Å²) in [5, 5.41) is 8.08. The van der Waals surface area contributed by atoms with Crippen molar-refractivity contribution in [1.82, 2.24) is 9.91 Å². The number of likely N-dealkylation sites (N-methyl/N-ethyl adjacent to an activating group) is 1. The molecule has 0 amide bonds. The Bertz CT molecular complexity index is 448. The van der Waals surface area contributed by atoms with E-state index >= 15 is 0 Å². The molecule has 2 saturated heterocycles. The van der Waals surface area contributed by atoms with Gasteiger partial charge in [-0.3, -0.25) is 5.01 Å². The highest BCUT2D eigenvalue weighted by molar-refractivity contribution is 7.17. The van der Waals surface area contributed by atoms with Crippen molar-refractivity contribution in [1.29, 1.82) is 0 Å². The van der Waals surface area contributed by atoms with E-state index < -0.39 is 0 Å². The molecule has 5 nitrogen and oxygen atoms in total. The summed E-state index contributed by atoms with van der Waals surface area (Å²) in [7, 11) is 2.16. The Balaban J connectivity index is 1.56.